The maximum Gasteiger partial charge on any atom is 0.338 e. The zero-order valence-electron chi connectivity index (χ0n) is 17.9. The number of ketones is 1. The minimum Gasteiger partial charge on any atom is -0.454 e. The van der Waals surface area contributed by atoms with Crippen LogP contribution in [0.15, 0.2) is 64.8 Å². The number of hydrogen-bond donors (Lipinski definition) is 0. The summed E-state index contributed by atoms with van der Waals surface area (Å²) >= 11 is 0. The monoisotopic (exact) mass is 417 g/mol. The molecule has 0 atom stereocenters. The summed E-state index contributed by atoms with van der Waals surface area (Å²) < 4.78 is 10.3. The van der Waals surface area contributed by atoms with E-state index in [1.54, 1.807) is 37.3 Å². The molecule has 3 aromatic rings. The summed E-state index contributed by atoms with van der Waals surface area (Å²) in [4.78, 5) is 31.1. The van der Waals surface area contributed by atoms with Crippen molar-refractivity contribution in [1.29, 1.82) is 0 Å². The van der Waals surface area contributed by atoms with Crippen LogP contribution in [0.5, 0.6) is 0 Å². The Labute approximate surface area is 180 Å². The minimum atomic E-state index is -0.567. The number of allylic oxidation sites excluding steroid dienone is 1. The molecule has 2 aromatic carbocycles. The van der Waals surface area contributed by atoms with Crippen LogP contribution in [0.2, 0.25) is 0 Å². The molecule has 0 aliphatic carbocycles. The van der Waals surface area contributed by atoms with Gasteiger partial charge in [-0.25, -0.2) is 4.79 Å². The molecule has 7 nitrogen and oxygen atoms in total. The normalized spacial score (nSPS) is 15.7. The highest BCUT2D eigenvalue weighted by Gasteiger charge is 2.38. The van der Waals surface area contributed by atoms with E-state index < -0.39 is 5.97 Å². The molecule has 1 aliphatic rings. The number of benzene rings is 2. The first-order valence-corrected chi connectivity index (χ1v) is 9.93. The second-order valence-electron chi connectivity index (χ2n) is 8.00. The van der Waals surface area contributed by atoms with Crippen molar-refractivity contribution < 1.29 is 18.8 Å². The molecule has 0 fully saturated rings. The van der Waals surface area contributed by atoms with Gasteiger partial charge in [0, 0.05) is 35.5 Å². The molecule has 31 heavy (non-hydrogen) atoms. The smallest absolute Gasteiger partial charge is 0.338 e. The fourth-order valence-corrected chi connectivity index (χ4v) is 3.84. The van der Waals surface area contributed by atoms with E-state index in [-0.39, 0.29) is 17.8 Å². The molecule has 0 saturated carbocycles. The first kappa shape index (κ1) is 20.5. The van der Waals surface area contributed by atoms with Crippen molar-refractivity contribution in [1.82, 2.24) is 10.1 Å². The van der Waals surface area contributed by atoms with E-state index in [1.165, 1.54) is 0 Å². The molecule has 0 radical (unpaired) electrons. The van der Waals surface area contributed by atoms with Crippen LogP contribution in [-0.2, 0) is 14.9 Å². The Bertz CT molecular complexity index is 1180. The Kier molecular flexibility index (Phi) is 5.19. The van der Waals surface area contributed by atoms with Crippen LogP contribution in [0.3, 0.4) is 0 Å². The molecule has 2 heterocycles. The van der Waals surface area contributed by atoms with E-state index in [4.69, 9.17) is 9.26 Å². The van der Waals surface area contributed by atoms with Crippen molar-refractivity contribution in [3.8, 4) is 11.5 Å². The Morgan fingerprint density at radius 2 is 1.84 bits per heavy atom. The largest absolute Gasteiger partial charge is 0.454 e. The summed E-state index contributed by atoms with van der Waals surface area (Å²) in [6.07, 6.45) is 1.56. The van der Waals surface area contributed by atoms with Crippen molar-refractivity contribution >= 4 is 17.4 Å². The number of ether oxygens (including phenoxy) is 1. The molecular weight excluding hydrogens is 394 g/mol. The SMILES string of the molecule is Cc1noc(-c2ccc(C(=O)OCC(=O)/C=C3\N(C)c4ccccc4C3(C)C)cc2)n1. The third-order valence-electron chi connectivity index (χ3n) is 5.48. The summed E-state index contributed by atoms with van der Waals surface area (Å²) in [5.41, 5.74) is 3.82. The standard InChI is InChI=1S/C24H23N3O4/c1-15-25-22(31-26-15)16-9-11-17(12-10-16)23(29)30-14-18(28)13-21-24(2,3)19-7-5-6-8-20(19)27(21)4/h5-13H,14H2,1-4H3/b21-13-. The lowest BCUT2D eigenvalue weighted by molar-refractivity contribution is -0.117. The number of fused-ring (bicyclic) bond motifs is 1. The van der Waals surface area contributed by atoms with Gasteiger partial charge in [0.2, 0.25) is 0 Å². The summed E-state index contributed by atoms with van der Waals surface area (Å²) in [6.45, 7) is 5.56. The third-order valence-corrected chi connectivity index (χ3v) is 5.48. The number of nitrogens with zero attached hydrogens (tertiary/aromatic N) is 3. The predicted molar refractivity (Wildman–Crippen MR) is 116 cm³/mol. The first-order valence-electron chi connectivity index (χ1n) is 9.93. The number of esters is 1. The number of para-hydroxylation sites is 1. The summed E-state index contributed by atoms with van der Waals surface area (Å²) in [6, 6.07) is 14.7. The van der Waals surface area contributed by atoms with Crippen molar-refractivity contribution in [3.63, 3.8) is 0 Å². The van der Waals surface area contributed by atoms with Gasteiger partial charge in [-0.3, -0.25) is 4.79 Å². The van der Waals surface area contributed by atoms with E-state index in [9.17, 15) is 9.59 Å². The van der Waals surface area contributed by atoms with Crippen molar-refractivity contribution in [2.24, 2.45) is 0 Å². The van der Waals surface area contributed by atoms with Gasteiger partial charge >= 0.3 is 5.97 Å². The summed E-state index contributed by atoms with van der Waals surface area (Å²) in [5.74, 6) is 0.0742. The minimum absolute atomic E-state index is 0.269. The Morgan fingerprint density at radius 1 is 1.13 bits per heavy atom. The third kappa shape index (κ3) is 3.86. The summed E-state index contributed by atoms with van der Waals surface area (Å²) in [5, 5.41) is 3.75. The van der Waals surface area contributed by atoms with Crippen LogP contribution in [0.1, 0.15) is 35.6 Å². The molecular formula is C24H23N3O4. The lowest BCUT2D eigenvalue weighted by Crippen LogP contribution is -2.25. The molecule has 1 aliphatic heterocycles. The van der Waals surface area contributed by atoms with Crippen molar-refractivity contribution in [2.45, 2.75) is 26.2 Å². The van der Waals surface area contributed by atoms with Gasteiger partial charge in [-0.15, -0.1) is 0 Å². The Hall–Kier alpha value is -3.74. The van der Waals surface area contributed by atoms with Gasteiger partial charge in [-0.1, -0.05) is 37.2 Å². The summed E-state index contributed by atoms with van der Waals surface area (Å²) in [7, 11) is 1.94. The number of hydrogen-bond acceptors (Lipinski definition) is 7. The van der Waals surface area contributed by atoms with Crippen LogP contribution in [0, 0.1) is 6.92 Å². The molecule has 0 amide bonds. The predicted octanol–water partition coefficient (Wildman–Crippen LogP) is 4.08. The molecule has 7 heteroatoms. The lowest BCUT2D eigenvalue weighted by Gasteiger charge is -2.23. The van der Waals surface area contributed by atoms with Crippen molar-refractivity contribution in [2.75, 3.05) is 18.6 Å². The number of aromatic nitrogens is 2. The zero-order valence-corrected chi connectivity index (χ0v) is 17.9. The maximum atomic E-state index is 12.6. The average molecular weight is 417 g/mol. The van der Waals surface area contributed by atoms with Gasteiger partial charge in [-0.2, -0.15) is 4.98 Å². The molecule has 0 unspecified atom stereocenters. The quantitative estimate of drug-likeness (QED) is 0.457. The van der Waals surface area contributed by atoms with Gasteiger partial charge in [0.25, 0.3) is 5.89 Å². The van der Waals surface area contributed by atoms with Gasteiger partial charge in [0.1, 0.15) is 0 Å². The van der Waals surface area contributed by atoms with E-state index in [1.807, 2.05) is 30.1 Å². The van der Waals surface area contributed by atoms with E-state index >= 15 is 0 Å². The molecule has 4 rings (SSSR count). The molecule has 0 spiro atoms. The highest BCUT2D eigenvalue weighted by Crippen LogP contribution is 2.46. The molecule has 158 valence electrons. The number of carbonyl (C=O) groups is 2. The number of anilines is 1. The van der Waals surface area contributed by atoms with Crippen LogP contribution in [0.25, 0.3) is 11.5 Å². The van der Waals surface area contributed by atoms with E-state index in [0.717, 1.165) is 16.9 Å². The van der Waals surface area contributed by atoms with Gasteiger partial charge in [0.15, 0.2) is 18.2 Å². The van der Waals surface area contributed by atoms with Gasteiger partial charge in [0.05, 0.1) is 5.56 Å². The van der Waals surface area contributed by atoms with Gasteiger partial charge < -0.3 is 14.2 Å². The molecule has 1 aromatic heterocycles. The molecule has 0 saturated heterocycles. The number of aryl methyl sites for hydroxylation is 1. The van der Waals surface area contributed by atoms with E-state index in [0.29, 0.717) is 22.8 Å². The second-order valence-corrected chi connectivity index (χ2v) is 8.00. The van der Waals surface area contributed by atoms with E-state index in [2.05, 4.69) is 30.1 Å². The zero-order chi connectivity index (χ0) is 22.2. The number of carbonyl (C=O) groups excluding carboxylic acids is 2. The highest BCUT2D eigenvalue weighted by atomic mass is 16.5. The Balaban J connectivity index is 1.41. The molecule has 0 N–H and O–H groups in total. The second kappa shape index (κ2) is 7.83. The Morgan fingerprint density at radius 3 is 2.48 bits per heavy atom. The lowest BCUT2D eigenvalue weighted by atomic mass is 9.83. The van der Waals surface area contributed by atoms with Crippen LogP contribution >= 0.6 is 0 Å². The fraction of sp³-hybridized carbons (Fsp3) is 0.250. The average Bonchev–Trinajstić information content (AvgIpc) is 3.28. The van der Waals surface area contributed by atoms with Crippen LogP contribution < -0.4 is 4.90 Å². The van der Waals surface area contributed by atoms with Crippen LogP contribution in [-0.4, -0.2) is 35.5 Å². The van der Waals surface area contributed by atoms with Gasteiger partial charge in [-0.05, 0) is 42.8 Å². The van der Waals surface area contributed by atoms with Crippen molar-refractivity contribution in [3.05, 3.63) is 77.3 Å². The number of likely N-dealkylation sites (N-methyl/N-ethyl adjacent to an activating group) is 1. The fourth-order valence-electron chi connectivity index (χ4n) is 3.84. The topological polar surface area (TPSA) is 85.5 Å². The maximum absolute atomic E-state index is 12.6. The van der Waals surface area contributed by atoms with Crippen LogP contribution in [0.4, 0.5) is 5.69 Å². The first-order chi connectivity index (χ1) is 14.8. The molecule has 0 bridgehead atoms. The number of rotatable bonds is 5. The highest BCUT2D eigenvalue weighted by molar-refractivity contribution is 5.96.